The second kappa shape index (κ2) is 9.77. The van der Waals surface area contributed by atoms with E-state index in [0.717, 1.165) is 15.6 Å². The van der Waals surface area contributed by atoms with E-state index >= 15 is 0 Å². The van der Waals surface area contributed by atoms with Gasteiger partial charge in [-0.05, 0) is 42.3 Å². The Kier molecular flexibility index (Phi) is 7.68. The Hall–Kier alpha value is -2.29. The van der Waals surface area contributed by atoms with E-state index in [2.05, 4.69) is 5.32 Å². The predicted octanol–water partition coefficient (Wildman–Crippen LogP) is 2.34. The van der Waals surface area contributed by atoms with Gasteiger partial charge in [0.05, 0.1) is 20.8 Å². The maximum absolute atomic E-state index is 12.8. The van der Waals surface area contributed by atoms with Crippen molar-refractivity contribution in [2.75, 3.05) is 34.4 Å². The number of hydrogen-bond donors (Lipinski definition) is 1. The molecule has 0 spiro atoms. The molecule has 2 rings (SSSR count). The van der Waals surface area contributed by atoms with Crippen LogP contribution in [0.1, 0.15) is 5.56 Å². The van der Waals surface area contributed by atoms with Crippen LogP contribution >= 0.6 is 11.6 Å². The molecule has 0 saturated heterocycles. The molecule has 1 N–H and O–H groups in total. The van der Waals surface area contributed by atoms with Gasteiger partial charge in [0.25, 0.3) is 0 Å². The number of carbonyl (C=O) groups is 1. The van der Waals surface area contributed by atoms with Crippen molar-refractivity contribution in [3.8, 4) is 11.5 Å². The molecule has 0 aromatic heterocycles. The Labute approximate surface area is 170 Å². The lowest BCUT2D eigenvalue weighted by Gasteiger charge is -2.18. The van der Waals surface area contributed by atoms with Crippen LogP contribution in [0.25, 0.3) is 0 Å². The van der Waals surface area contributed by atoms with Crippen LogP contribution in [0.4, 0.5) is 0 Å². The molecule has 2 aromatic carbocycles. The van der Waals surface area contributed by atoms with Gasteiger partial charge >= 0.3 is 0 Å². The van der Waals surface area contributed by atoms with Crippen LogP contribution in [0, 0.1) is 0 Å². The molecule has 0 fully saturated rings. The number of benzene rings is 2. The third-order valence-electron chi connectivity index (χ3n) is 4.08. The van der Waals surface area contributed by atoms with Crippen LogP contribution in [0.5, 0.6) is 11.5 Å². The van der Waals surface area contributed by atoms with Crippen LogP contribution < -0.4 is 14.8 Å². The summed E-state index contributed by atoms with van der Waals surface area (Å²) in [7, 11) is 0.362. The number of likely N-dealkylation sites (N-methyl/N-ethyl adjacent to an activating group) is 1. The number of methoxy groups -OCH3 is 2. The zero-order valence-corrected chi connectivity index (χ0v) is 17.5. The van der Waals surface area contributed by atoms with E-state index in [0.29, 0.717) is 13.0 Å². The Morgan fingerprint density at radius 2 is 1.79 bits per heavy atom. The lowest BCUT2D eigenvalue weighted by molar-refractivity contribution is -0.121. The molecule has 0 saturated carbocycles. The summed E-state index contributed by atoms with van der Waals surface area (Å²) in [6, 6.07) is 11.8. The van der Waals surface area contributed by atoms with E-state index in [4.69, 9.17) is 21.1 Å². The second-order valence-electron chi connectivity index (χ2n) is 6.00. The first-order chi connectivity index (χ1) is 13.3. The number of halogens is 1. The molecule has 0 unspecified atom stereocenters. The highest BCUT2D eigenvalue weighted by atomic mass is 35.5. The molecule has 0 bridgehead atoms. The topological polar surface area (TPSA) is 84.9 Å². The van der Waals surface area contributed by atoms with Gasteiger partial charge < -0.3 is 14.8 Å². The number of rotatable bonds is 9. The average Bonchev–Trinajstić information content (AvgIpc) is 2.68. The minimum atomic E-state index is -3.94. The highest BCUT2D eigenvalue weighted by molar-refractivity contribution is 7.89. The largest absolute Gasteiger partial charge is 0.497 e. The number of nitrogens with one attached hydrogen (secondary N) is 1. The van der Waals surface area contributed by atoms with Crippen molar-refractivity contribution in [3.05, 3.63) is 53.1 Å². The maximum Gasteiger partial charge on any atom is 0.247 e. The van der Waals surface area contributed by atoms with E-state index in [1.165, 1.54) is 32.4 Å². The lowest BCUT2D eigenvalue weighted by Crippen LogP contribution is -2.39. The van der Waals surface area contributed by atoms with E-state index in [1.807, 2.05) is 24.3 Å². The number of carbonyl (C=O) groups excluding carboxylic acids is 1. The van der Waals surface area contributed by atoms with Gasteiger partial charge in [-0.1, -0.05) is 23.7 Å². The Bertz CT molecular complexity index is 916. The van der Waals surface area contributed by atoms with Gasteiger partial charge in [-0.3, -0.25) is 4.79 Å². The third kappa shape index (κ3) is 5.60. The fraction of sp³-hybridized carbons (Fsp3) is 0.316. The van der Waals surface area contributed by atoms with Gasteiger partial charge in [0.15, 0.2) is 0 Å². The maximum atomic E-state index is 12.8. The highest BCUT2D eigenvalue weighted by Crippen LogP contribution is 2.28. The summed E-state index contributed by atoms with van der Waals surface area (Å²) in [5.41, 5.74) is 1.03. The summed E-state index contributed by atoms with van der Waals surface area (Å²) in [4.78, 5) is 12.1. The smallest absolute Gasteiger partial charge is 0.247 e. The molecule has 0 atom stereocenters. The quantitative estimate of drug-likeness (QED) is 0.665. The normalized spacial score (nSPS) is 11.3. The van der Waals surface area contributed by atoms with Gasteiger partial charge in [-0.25, -0.2) is 8.42 Å². The molecule has 28 heavy (non-hydrogen) atoms. The van der Waals surface area contributed by atoms with Crippen molar-refractivity contribution < 1.29 is 22.7 Å². The summed E-state index contributed by atoms with van der Waals surface area (Å²) in [6.07, 6.45) is 0.619. The lowest BCUT2D eigenvalue weighted by atomic mass is 10.1. The van der Waals surface area contributed by atoms with Crippen molar-refractivity contribution in [1.82, 2.24) is 9.62 Å². The number of ether oxygens (including phenoxy) is 2. The van der Waals surface area contributed by atoms with Gasteiger partial charge in [-0.15, -0.1) is 0 Å². The van der Waals surface area contributed by atoms with Gasteiger partial charge in [-0.2, -0.15) is 4.31 Å². The predicted molar refractivity (Wildman–Crippen MR) is 108 cm³/mol. The first-order valence-electron chi connectivity index (χ1n) is 8.47. The molecule has 1 amide bonds. The fourth-order valence-corrected chi connectivity index (χ4v) is 4.04. The van der Waals surface area contributed by atoms with Crippen LogP contribution in [0.15, 0.2) is 47.4 Å². The first-order valence-corrected chi connectivity index (χ1v) is 10.3. The minimum Gasteiger partial charge on any atom is -0.497 e. The monoisotopic (exact) mass is 426 g/mol. The number of nitrogens with zero attached hydrogens (tertiary/aromatic N) is 1. The van der Waals surface area contributed by atoms with Gasteiger partial charge in [0, 0.05) is 18.6 Å². The molecule has 7 nitrogen and oxygen atoms in total. The van der Waals surface area contributed by atoms with E-state index < -0.39 is 15.9 Å². The van der Waals surface area contributed by atoms with Crippen molar-refractivity contribution in [2.45, 2.75) is 11.3 Å². The summed E-state index contributed by atoms with van der Waals surface area (Å²) in [5, 5.41) is 2.98. The molecule has 0 aliphatic carbocycles. The molecule has 0 radical (unpaired) electrons. The van der Waals surface area contributed by atoms with Crippen molar-refractivity contribution >= 4 is 27.5 Å². The molecule has 0 aliphatic rings. The van der Waals surface area contributed by atoms with Crippen LogP contribution in [0.2, 0.25) is 5.02 Å². The van der Waals surface area contributed by atoms with Crippen LogP contribution in [-0.2, 0) is 21.2 Å². The summed E-state index contributed by atoms with van der Waals surface area (Å²) < 4.78 is 36.7. The van der Waals surface area contributed by atoms with Crippen LogP contribution in [0.3, 0.4) is 0 Å². The second-order valence-corrected chi connectivity index (χ2v) is 8.45. The molecular weight excluding hydrogens is 404 g/mol. The van der Waals surface area contributed by atoms with E-state index in [9.17, 15) is 13.2 Å². The van der Waals surface area contributed by atoms with Crippen molar-refractivity contribution in [1.29, 1.82) is 0 Å². The SMILES string of the molecule is COc1ccc(CCNC(=O)CN(C)S(=O)(=O)c2cc(Cl)ccc2OC)cc1. The Balaban J connectivity index is 1.94. The summed E-state index contributed by atoms with van der Waals surface area (Å²) >= 11 is 5.91. The van der Waals surface area contributed by atoms with Gasteiger partial charge in [0.2, 0.25) is 15.9 Å². The molecule has 0 heterocycles. The summed E-state index contributed by atoms with van der Waals surface area (Å²) in [5.74, 6) is 0.521. The molecule has 152 valence electrons. The molecule has 9 heteroatoms. The molecular formula is C19H23ClN2O5S. The average molecular weight is 427 g/mol. The molecule has 2 aromatic rings. The third-order valence-corrected chi connectivity index (χ3v) is 6.13. The number of sulfonamides is 1. The highest BCUT2D eigenvalue weighted by Gasteiger charge is 2.26. The first kappa shape index (κ1) is 22.0. The number of hydrogen-bond acceptors (Lipinski definition) is 5. The minimum absolute atomic E-state index is 0.0870. The Morgan fingerprint density at radius 3 is 2.39 bits per heavy atom. The van der Waals surface area contributed by atoms with Crippen molar-refractivity contribution in [2.24, 2.45) is 0 Å². The van der Waals surface area contributed by atoms with E-state index in [1.54, 1.807) is 7.11 Å². The van der Waals surface area contributed by atoms with E-state index in [-0.39, 0.29) is 22.2 Å². The summed E-state index contributed by atoms with van der Waals surface area (Å²) in [6.45, 7) is 0.0696. The van der Waals surface area contributed by atoms with Gasteiger partial charge in [0.1, 0.15) is 16.4 Å². The van der Waals surface area contributed by atoms with Crippen molar-refractivity contribution in [3.63, 3.8) is 0 Å². The Morgan fingerprint density at radius 1 is 1.11 bits per heavy atom. The fourth-order valence-electron chi connectivity index (χ4n) is 2.50. The zero-order valence-electron chi connectivity index (χ0n) is 15.9. The van der Waals surface area contributed by atoms with Crippen LogP contribution in [-0.4, -0.2) is 53.0 Å². The standard InChI is InChI=1S/C19H23ClN2O5S/c1-22(28(24,25)18-12-15(20)6-9-17(18)27-3)13-19(23)21-11-10-14-4-7-16(26-2)8-5-14/h4-9,12H,10-11,13H2,1-3H3,(H,21,23). The zero-order chi connectivity index (χ0) is 20.7. The number of amides is 1. The molecule has 0 aliphatic heterocycles.